The van der Waals surface area contributed by atoms with E-state index < -0.39 is 0 Å². The fraction of sp³-hybridized carbons (Fsp3) is 0.938. The molecule has 1 N–H and O–H groups in total. The minimum Gasteiger partial charge on any atom is -0.325 e. The molecule has 3 nitrogen and oxygen atoms in total. The predicted molar refractivity (Wildman–Crippen MR) is 76.6 cm³/mol. The van der Waals surface area contributed by atoms with Crippen molar-refractivity contribution in [3.8, 4) is 0 Å². The molecule has 3 fully saturated rings. The molecule has 1 unspecified atom stereocenters. The zero-order valence-electron chi connectivity index (χ0n) is 12.7. The molecule has 1 heterocycles. The molecule has 0 bridgehead atoms. The van der Waals surface area contributed by atoms with E-state index in [0.29, 0.717) is 17.2 Å². The summed E-state index contributed by atoms with van der Waals surface area (Å²) in [5.74, 6) is 0.894. The molecule has 1 amide bonds. The second kappa shape index (κ2) is 4.47. The Morgan fingerprint density at radius 2 is 1.89 bits per heavy atom. The lowest BCUT2D eigenvalue weighted by atomic mass is 9.82. The van der Waals surface area contributed by atoms with Crippen molar-refractivity contribution >= 4 is 5.91 Å². The first kappa shape index (κ1) is 13.4. The molecule has 1 atom stereocenters. The summed E-state index contributed by atoms with van der Waals surface area (Å²) in [7, 11) is 0. The van der Waals surface area contributed by atoms with Crippen LogP contribution < -0.4 is 5.32 Å². The van der Waals surface area contributed by atoms with Gasteiger partial charge >= 0.3 is 0 Å². The van der Waals surface area contributed by atoms with E-state index in [1.165, 1.54) is 32.1 Å². The van der Waals surface area contributed by atoms with Crippen molar-refractivity contribution in [1.29, 1.82) is 0 Å². The van der Waals surface area contributed by atoms with Gasteiger partial charge in [0.2, 0.25) is 5.91 Å². The number of hydrogen-bond donors (Lipinski definition) is 1. The third-order valence-electron chi connectivity index (χ3n) is 5.73. The number of nitrogens with one attached hydrogen (secondary N) is 1. The van der Waals surface area contributed by atoms with Gasteiger partial charge in [-0.1, -0.05) is 33.6 Å². The Balaban J connectivity index is 1.79. The number of carbonyl (C=O) groups is 1. The topological polar surface area (TPSA) is 32.3 Å². The van der Waals surface area contributed by atoms with Crippen molar-refractivity contribution in [2.75, 3.05) is 6.54 Å². The second-order valence-electron chi connectivity index (χ2n) is 7.41. The number of hydrogen-bond acceptors (Lipinski definition) is 2. The molecule has 108 valence electrons. The smallest absolute Gasteiger partial charge is 0.244 e. The van der Waals surface area contributed by atoms with Crippen LogP contribution in [0.1, 0.15) is 65.7 Å². The predicted octanol–water partition coefficient (Wildman–Crippen LogP) is 2.90. The molecule has 3 aliphatic rings. The molecular formula is C16H28N2O. The van der Waals surface area contributed by atoms with Crippen LogP contribution in [0.5, 0.6) is 0 Å². The summed E-state index contributed by atoms with van der Waals surface area (Å²) in [4.78, 5) is 14.9. The lowest BCUT2D eigenvalue weighted by Gasteiger charge is -2.36. The maximum Gasteiger partial charge on any atom is 0.244 e. The van der Waals surface area contributed by atoms with Crippen LogP contribution in [0, 0.1) is 11.3 Å². The van der Waals surface area contributed by atoms with Gasteiger partial charge in [-0.2, -0.15) is 0 Å². The first-order valence-electron chi connectivity index (χ1n) is 8.11. The molecular weight excluding hydrogens is 236 g/mol. The quantitative estimate of drug-likeness (QED) is 0.847. The van der Waals surface area contributed by atoms with Gasteiger partial charge in [-0.05, 0) is 43.4 Å². The zero-order chi connectivity index (χ0) is 13.7. The van der Waals surface area contributed by atoms with E-state index >= 15 is 0 Å². The SMILES string of the molecule is CCC1(CN2C(=O)C3(CC3)NC2C(C)C)CCCC1. The number of nitrogens with zero attached hydrogens (tertiary/aromatic N) is 1. The number of amides is 1. The molecule has 3 rings (SSSR count). The minimum absolute atomic E-state index is 0.150. The van der Waals surface area contributed by atoms with Gasteiger partial charge in [0.05, 0.1) is 11.7 Å². The molecule has 0 aromatic rings. The van der Waals surface area contributed by atoms with Gasteiger partial charge in [0.15, 0.2) is 0 Å². The first-order valence-corrected chi connectivity index (χ1v) is 8.11. The van der Waals surface area contributed by atoms with E-state index in [4.69, 9.17) is 0 Å². The summed E-state index contributed by atoms with van der Waals surface area (Å²) in [5, 5.41) is 3.63. The van der Waals surface area contributed by atoms with Crippen molar-refractivity contribution in [2.24, 2.45) is 11.3 Å². The number of carbonyl (C=O) groups excluding carboxylic acids is 1. The van der Waals surface area contributed by atoms with Crippen LogP contribution in [-0.4, -0.2) is 29.1 Å². The van der Waals surface area contributed by atoms with Gasteiger partial charge < -0.3 is 4.90 Å². The third kappa shape index (κ3) is 2.10. The van der Waals surface area contributed by atoms with Crippen LogP contribution >= 0.6 is 0 Å². The minimum atomic E-state index is -0.150. The van der Waals surface area contributed by atoms with Gasteiger partial charge in [0, 0.05) is 6.54 Å². The van der Waals surface area contributed by atoms with E-state index in [-0.39, 0.29) is 11.7 Å². The average Bonchev–Trinajstić information content (AvgIpc) is 2.94. The highest BCUT2D eigenvalue weighted by Crippen LogP contribution is 2.47. The molecule has 1 saturated heterocycles. The monoisotopic (exact) mass is 264 g/mol. The largest absolute Gasteiger partial charge is 0.325 e. The van der Waals surface area contributed by atoms with Crippen molar-refractivity contribution in [2.45, 2.75) is 77.4 Å². The Bertz CT molecular complexity index is 367. The van der Waals surface area contributed by atoms with Crippen LogP contribution in [0.25, 0.3) is 0 Å². The Morgan fingerprint density at radius 3 is 2.37 bits per heavy atom. The Labute approximate surface area is 117 Å². The molecule has 2 aliphatic carbocycles. The van der Waals surface area contributed by atoms with Gasteiger partial charge in [0.25, 0.3) is 0 Å². The summed E-state index contributed by atoms with van der Waals surface area (Å²) in [6.07, 6.45) is 8.89. The van der Waals surface area contributed by atoms with Crippen molar-refractivity contribution in [1.82, 2.24) is 10.2 Å². The third-order valence-corrected chi connectivity index (χ3v) is 5.73. The van der Waals surface area contributed by atoms with Gasteiger partial charge in [-0.3, -0.25) is 10.1 Å². The molecule has 1 aliphatic heterocycles. The Kier molecular flexibility index (Phi) is 3.16. The highest BCUT2D eigenvalue weighted by atomic mass is 16.2. The lowest BCUT2D eigenvalue weighted by molar-refractivity contribution is -0.133. The van der Waals surface area contributed by atoms with Crippen molar-refractivity contribution < 1.29 is 4.79 Å². The molecule has 3 heteroatoms. The van der Waals surface area contributed by atoms with E-state index in [0.717, 1.165) is 19.4 Å². The van der Waals surface area contributed by atoms with Crippen LogP contribution in [0.2, 0.25) is 0 Å². The van der Waals surface area contributed by atoms with Gasteiger partial charge in [0.1, 0.15) is 0 Å². The van der Waals surface area contributed by atoms with E-state index in [9.17, 15) is 4.79 Å². The molecule has 2 saturated carbocycles. The Morgan fingerprint density at radius 1 is 1.26 bits per heavy atom. The average molecular weight is 264 g/mol. The molecule has 19 heavy (non-hydrogen) atoms. The first-order chi connectivity index (χ1) is 9.02. The fourth-order valence-electron chi connectivity index (χ4n) is 4.11. The van der Waals surface area contributed by atoms with E-state index in [1.807, 2.05) is 0 Å². The van der Waals surface area contributed by atoms with Gasteiger partial charge in [-0.15, -0.1) is 0 Å². The number of rotatable bonds is 4. The van der Waals surface area contributed by atoms with Crippen LogP contribution in [0.4, 0.5) is 0 Å². The maximum atomic E-state index is 12.7. The van der Waals surface area contributed by atoms with Crippen LogP contribution in [0.15, 0.2) is 0 Å². The van der Waals surface area contributed by atoms with E-state index in [2.05, 4.69) is 31.0 Å². The van der Waals surface area contributed by atoms with Crippen LogP contribution in [-0.2, 0) is 4.79 Å². The molecule has 0 radical (unpaired) electrons. The van der Waals surface area contributed by atoms with Crippen molar-refractivity contribution in [3.63, 3.8) is 0 Å². The summed E-state index contributed by atoms with van der Waals surface area (Å²) < 4.78 is 0. The lowest BCUT2D eigenvalue weighted by Crippen LogP contribution is -2.46. The molecule has 0 aromatic carbocycles. The summed E-state index contributed by atoms with van der Waals surface area (Å²) in [6, 6.07) is 0. The maximum absolute atomic E-state index is 12.7. The zero-order valence-corrected chi connectivity index (χ0v) is 12.7. The second-order valence-corrected chi connectivity index (χ2v) is 7.41. The normalized spacial score (nSPS) is 31.7. The highest BCUT2D eigenvalue weighted by Gasteiger charge is 2.60. The summed E-state index contributed by atoms with van der Waals surface area (Å²) in [5.41, 5.74) is 0.257. The molecule has 0 aromatic heterocycles. The standard InChI is InChI=1S/C16H28N2O/c1-4-15(7-5-6-8-15)11-18-13(12(2)3)17-16(9-10-16)14(18)19/h12-13,17H,4-11H2,1-3H3. The highest BCUT2D eigenvalue weighted by molar-refractivity contribution is 5.91. The fourth-order valence-corrected chi connectivity index (χ4v) is 4.11. The van der Waals surface area contributed by atoms with Crippen LogP contribution in [0.3, 0.4) is 0 Å². The summed E-state index contributed by atoms with van der Waals surface area (Å²) >= 11 is 0. The van der Waals surface area contributed by atoms with Gasteiger partial charge in [-0.25, -0.2) is 0 Å². The van der Waals surface area contributed by atoms with Crippen molar-refractivity contribution in [3.05, 3.63) is 0 Å². The Hall–Kier alpha value is -0.570. The molecule has 1 spiro atoms. The summed E-state index contributed by atoms with van der Waals surface area (Å²) in [6.45, 7) is 7.75. The van der Waals surface area contributed by atoms with E-state index in [1.54, 1.807) is 0 Å².